The summed E-state index contributed by atoms with van der Waals surface area (Å²) in [5.41, 5.74) is -2.05. The number of aromatic nitrogens is 1. The van der Waals surface area contributed by atoms with Gasteiger partial charge in [0.05, 0.1) is 11.3 Å². The highest BCUT2D eigenvalue weighted by atomic mass is 19.4. The molecule has 106 valence electrons. The second-order valence-electron chi connectivity index (χ2n) is 3.66. The molecule has 5 nitrogen and oxygen atoms in total. The Balaban J connectivity index is 2.30. The van der Waals surface area contributed by atoms with Crippen LogP contribution in [0.5, 0.6) is 0 Å². The molecule has 0 radical (unpaired) electrons. The molecule has 0 aliphatic carbocycles. The summed E-state index contributed by atoms with van der Waals surface area (Å²) in [6, 6.07) is 1.31. The average molecular weight is 290 g/mol. The van der Waals surface area contributed by atoms with Gasteiger partial charge in [0.15, 0.2) is 5.69 Å². The molecule has 0 fully saturated rings. The van der Waals surface area contributed by atoms with E-state index in [9.17, 15) is 22.4 Å². The summed E-state index contributed by atoms with van der Waals surface area (Å²) in [6.45, 7) is 0. The first-order valence-corrected chi connectivity index (χ1v) is 5.10. The van der Waals surface area contributed by atoms with E-state index >= 15 is 0 Å². The first kappa shape index (κ1) is 13.8. The quantitative estimate of drug-likeness (QED) is 0.848. The Hall–Kier alpha value is -2.58. The van der Waals surface area contributed by atoms with Crippen molar-refractivity contribution in [3.63, 3.8) is 0 Å². The van der Waals surface area contributed by atoms with Crippen molar-refractivity contribution in [3.8, 4) is 0 Å². The number of anilines is 2. The van der Waals surface area contributed by atoms with E-state index in [1.165, 1.54) is 0 Å². The number of nitrogens with zero attached hydrogens (tertiary/aromatic N) is 1. The van der Waals surface area contributed by atoms with Crippen LogP contribution in [0.1, 0.15) is 16.1 Å². The first-order valence-electron chi connectivity index (χ1n) is 5.10. The van der Waals surface area contributed by atoms with E-state index in [2.05, 4.69) is 14.7 Å². The van der Waals surface area contributed by atoms with Crippen LogP contribution >= 0.6 is 0 Å². The maximum Gasteiger partial charge on any atom is 0.416 e. The fraction of sp³-hybridized carbons (Fsp3) is 0.0909. The number of carboxylic acid groups (broad SMARTS) is 1. The van der Waals surface area contributed by atoms with E-state index in [0.29, 0.717) is 18.2 Å². The summed E-state index contributed by atoms with van der Waals surface area (Å²) in [5.74, 6) is -2.35. The third-order valence-corrected chi connectivity index (χ3v) is 2.26. The number of hydrogen-bond acceptors (Lipinski definition) is 4. The van der Waals surface area contributed by atoms with E-state index in [0.717, 1.165) is 6.26 Å². The zero-order valence-corrected chi connectivity index (χ0v) is 9.53. The molecule has 2 aromatic rings. The minimum absolute atomic E-state index is 0.430. The Morgan fingerprint density at radius 2 is 2.05 bits per heavy atom. The Bertz CT molecular complexity index is 651. The van der Waals surface area contributed by atoms with Crippen LogP contribution in [-0.4, -0.2) is 16.1 Å². The van der Waals surface area contributed by atoms with Crippen LogP contribution in [0.2, 0.25) is 0 Å². The molecule has 9 heteroatoms. The Morgan fingerprint density at radius 1 is 1.35 bits per heavy atom. The van der Waals surface area contributed by atoms with E-state index in [1.807, 2.05) is 0 Å². The minimum atomic E-state index is -4.63. The Labute approximate surface area is 108 Å². The Morgan fingerprint density at radius 3 is 2.60 bits per heavy atom. The summed E-state index contributed by atoms with van der Waals surface area (Å²) in [7, 11) is 0. The fourth-order valence-electron chi connectivity index (χ4n) is 1.34. The van der Waals surface area contributed by atoms with Gasteiger partial charge >= 0.3 is 12.1 Å². The molecule has 0 saturated heterocycles. The monoisotopic (exact) mass is 290 g/mol. The molecule has 0 aliphatic rings. The maximum absolute atomic E-state index is 13.4. The van der Waals surface area contributed by atoms with Crippen LogP contribution in [-0.2, 0) is 6.18 Å². The van der Waals surface area contributed by atoms with E-state index in [4.69, 9.17) is 5.11 Å². The highest BCUT2D eigenvalue weighted by Crippen LogP contribution is 2.32. The molecule has 0 bridgehead atoms. The number of carboxylic acids is 1. The molecule has 0 amide bonds. The van der Waals surface area contributed by atoms with Gasteiger partial charge in [-0.25, -0.2) is 9.18 Å². The summed E-state index contributed by atoms with van der Waals surface area (Å²) < 4.78 is 55.5. The van der Waals surface area contributed by atoms with Crippen molar-refractivity contribution in [3.05, 3.63) is 41.5 Å². The zero-order valence-electron chi connectivity index (χ0n) is 9.53. The van der Waals surface area contributed by atoms with Gasteiger partial charge in [-0.1, -0.05) is 0 Å². The number of oxazole rings is 1. The molecule has 2 N–H and O–H groups in total. The third-order valence-electron chi connectivity index (χ3n) is 2.26. The van der Waals surface area contributed by atoms with Crippen LogP contribution in [0.4, 0.5) is 29.3 Å². The maximum atomic E-state index is 13.4. The molecule has 0 unspecified atom stereocenters. The molecule has 0 spiro atoms. The summed E-state index contributed by atoms with van der Waals surface area (Å²) in [5, 5.41) is 10.7. The highest BCUT2D eigenvalue weighted by Gasteiger charge is 2.31. The second-order valence-corrected chi connectivity index (χ2v) is 3.66. The number of alkyl halides is 3. The van der Waals surface area contributed by atoms with Crippen molar-refractivity contribution in [2.45, 2.75) is 6.18 Å². The zero-order chi connectivity index (χ0) is 14.9. The van der Waals surface area contributed by atoms with Gasteiger partial charge in [-0.3, -0.25) is 0 Å². The molecule has 0 saturated carbocycles. The topological polar surface area (TPSA) is 75.4 Å². The van der Waals surface area contributed by atoms with E-state index < -0.39 is 40.9 Å². The van der Waals surface area contributed by atoms with Crippen LogP contribution in [0.25, 0.3) is 0 Å². The van der Waals surface area contributed by atoms with Gasteiger partial charge < -0.3 is 14.8 Å². The van der Waals surface area contributed by atoms with Crippen LogP contribution in [0, 0.1) is 5.82 Å². The van der Waals surface area contributed by atoms with E-state index in [1.54, 1.807) is 0 Å². The molecule has 1 aromatic heterocycles. The molecule has 0 aliphatic heterocycles. The smallest absolute Gasteiger partial charge is 0.416 e. The van der Waals surface area contributed by atoms with Crippen molar-refractivity contribution >= 4 is 17.7 Å². The predicted octanol–water partition coefficient (Wildman–Crippen LogP) is 3.27. The number of benzene rings is 1. The lowest BCUT2D eigenvalue weighted by molar-refractivity contribution is -0.137. The SMILES string of the molecule is O=C(O)c1coc(Nc2cc(C(F)(F)F)ccc2F)n1. The highest BCUT2D eigenvalue weighted by molar-refractivity contribution is 5.85. The molecule has 2 rings (SSSR count). The molecule has 0 atom stereocenters. The van der Waals surface area contributed by atoms with Crippen molar-refractivity contribution in [1.29, 1.82) is 0 Å². The Kier molecular flexibility index (Phi) is 3.35. The van der Waals surface area contributed by atoms with Gasteiger partial charge in [0.1, 0.15) is 12.1 Å². The van der Waals surface area contributed by atoms with Gasteiger partial charge in [-0.05, 0) is 18.2 Å². The lowest BCUT2D eigenvalue weighted by Gasteiger charge is -2.09. The molecule has 1 aromatic carbocycles. The number of hydrogen-bond donors (Lipinski definition) is 2. The molecule has 1 heterocycles. The van der Waals surface area contributed by atoms with Crippen LogP contribution < -0.4 is 5.32 Å². The minimum Gasteiger partial charge on any atom is -0.476 e. The first-order chi connectivity index (χ1) is 9.27. The van der Waals surface area contributed by atoms with Crippen molar-refractivity contribution in [2.75, 3.05) is 5.32 Å². The fourth-order valence-corrected chi connectivity index (χ4v) is 1.34. The second kappa shape index (κ2) is 4.83. The van der Waals surface area contributed by atoms with Gasteiger partial charge in [0.2, 0.25) is 0 Å². The lowest BCUT2D eigenvalue weighted by atomic mass is 10.2. The van der Waals surface area contributed by atoms with Crippen molar-refractivity contribution in [2.24, 2.45) is 0 Å². The van der Waals surface area contributed by atoms with Crippen LogP contribution in [0.15, 0.2) is 28.9 Å². The largest absolute Gasteiger partial charge is 0.476 e. The molecular formula is C11H6F4N2O3. The van der Waals surface area contributed by atoms with Gasteiger partial charge in [-0.2, -0.15) is 18.2 Å². The molecular weight excluding hydrogens is 284 g/mol. The lowest BCUT2D eigenvalue weighted by Crippen LogP contribution is -2.06. The average Bonchev–Trinajstić information content (AvgIpc) is 2.79. The third kappa shape index (κ3) is 2.87. The standard InChI is InChI=1S/C11H6F4N2O3/c12-6-2-1-5(11(13,14)15)3-7(6)16-10-17-8(4-20-10)9(18)19/h1-4H,(H,16,17)(H,18,19). The van der Waals surface area contributed by atoms with Crippen molar-refractivity contribution < 1.29 is 31.9 Å². The summed E-state index contributed by atoms with van der Waals surface area (Å²) >= 11 is 0. The number of rotatable bonds is 3. The summed E-state index contributed by atoms with van der Waals surface area (Å²) in [6.07, 6.45) is -3.86. The van der Waals surface area contributed by atoms with Crippen LogP contribution in [0.3, 0.4) is 0 Å². The van der Waals surface area contributed by atoms with Gasteiger partial charge in [0, 0.05) is 0 Å². The normalized spacial score (nSPS) is 11.4. The summed E-state index contributed by atoms with van der Waals surface area (Å²) in [4.78, 5) is 14.0. The van der Waals surface area contributed by atoms with Crippen molar-refractivity contribution in [1.82, 2.24) is 4.98 Å². The number of halogens is 4. The number of aromatic carboxylic acids is 1. The molecule has 20 heavy (non-hydrogen) atoms. The van der Waals surface area contributed by atoms with Gasteiger partial charge in [0.25, 0.3) is 6.01 Å². The number of carbonyl (C=O) groups is 1. The van der Waals surface area contributed by atoms with E-state index in [-0.39, 0.29) is 0 Å². The van der Waals surface area contributed by atoms with Gasteiger partial charge in [-0.15, -0.1) is 0 Å². The predicted molar refractivity (Wildman–Crippen MR) is 58.1 cm³/mol. The number of nitrogens with one attached hydrogen (secondary N) is 1.